The largest absolute Gasteiger partial charge is 0.396 e. The molecule has 5 heteroatoms. The van der Waals surface area contributed by atoms with Gasteiger partial charge in [0.15, 0.2) is 5.69 Å². The van der Waals surface area contributed by atoms with Crippen LogP contribution in [0.25, 0.3) is 0 Å². The summed E-state index contributed by atoms with van der Waals surface area (Å²) in [6, 6.07) is 5.56. The van der Waals surface area contributed by atoms with E-state index >= 15 is 0 Å². The van der Waals surface area contributed by atoms with E-state index in [1.807, 2.05) is 19.1 Å². The van der Waals surface area contributed by atoms with Crippen LogP contribution in [0.4, 0.5) is 11.5 Å². The quantitative estimate of drug-likeness (QED) is 0.753. The van der Waals surface area contributed by atoms with Gasteiger partial charge >= 0.3 is 0 Å². The highest BCUT2D eigenvalue weighted by atomic mass is 16.5. The van der Waals surface area contributed by atoms with Gasteiger partial charge in [-0.2, -0.15) is 5.26 Å². The number of ether oxygens (including phenoxy) is 1. The molecule has 0 aromatic carbocycles. The minimum atomic E-state index is 0.193. The third-order valence-corrected chi connectivity index (χ3v) is 2.58. The van der Waals surface area contributed by atoms with Crippen molar-refractivity contribution in [3.8, 4) is 6.07 Å². The monoisotopic (exact) mass is 218 g/mol. The van der Waals surface area contributed by atoms with E-state index in [0.717, 1.165) is 18.9 Å². The average molecular weight is 218 g/mol. The lowest BCUT2D eigenvalue weighted by Crippen LogP contribution is -2.41. The van der Waals surface area contributed by atoms with E-state index < -0.39 is 0 Å². The van der Waals surface area contributed by atoms with Crippen LogP contribution in [0.3, 0.4) is 0 Å². The Morgan fingerprint density at radius 2 is 2.44 bits per heavy atom. The Morgan fingerprint density at radius 3 is 3.12 bits per heavy atom. The maximum Gasteiger partial charge on any atom is 0.165 e. The normalized spacial score (nSPS) is 20.5. The number of aromatic nitrogens is 1. The molecule has 1 aliphatic rings. The molecule has 1 aliphatic heterocycles. The summed E-state index contributed by atoms with van der Waals surface area (Å²) in [6.45, 7) is 4.30. The third kappa shape index (κ3) is 2.07. The zero-order valence-electron chi connectivity index (χ0n) is 9.18. The van der Waals surface area contributed by atoms with Gasteiger partial charge in [-0.3, -0.25) is 0 Å². The zero-order valence-corrected chi connectivity index (χ0v) is 9.18. The Morgan fingerprint density at radius 1 is 1.62 bits per heavy atom. The first-order valence-electron chi connectivity index (χ1n) is 5.24. The number of pyridine rings is 1. The number of morpholine rings is 1. The molecule has 0 amide bonds. The molecule has 1 aromatic rings. The lowest BCUT2D eigenvalue weighted by Gasteiger charge is -2.32. The Balaban J connectivity index is 2.24. The second-order valence-corrected chi connectivity index (χ2v) is 3.85. The molecule has 1 aromatic heterocycles. The lowest BCUT2D eigenvalue weighted by atomic mass is 10.2. The molecule has 0 bridgehead atoms. The highest BCUT2D eigenvalue weighted by molar-refractivity contribution is 5.55. The minimum absolute atomic E-state index is 0.193. The van der Waals surface area contributed by atoms with E-state index in [4.69, 9.17) is 15.7 Å². The van der Waals surface area contributed by atoms with Gasteiger partial charge in [-0.15, -0.1) is 0 Å². The van der Waals surface area contributed by atoms with Gasteiger partial charge in [0.2, 0.25) is 0 Å². The molecule has 1 atom stereocenters. The van der Waals surface area contributed by atoms with Crippen LogP contribution < -0.4 is 10.6 Å². The van der Waals surface area contributed by atoms with Crippen molar-refractivity contribution < 1.29 is 4.74 Å². The van der Waals surface area contributed by atoms with Gasteiger partial charge in [-0.1, -0.05) is 0 Å². The molecular weight excluding hydrogens is 204 g/mol. The summed E-state index contributed by atoms with van der Waals surface area (Å²) >= 11 is 0. The van der Waals surface area contributed by atoms with Crippen LogP contribution in [0, 0.1) is 11.3 Å². The number of hydrogen-bond acceptors (Lipinski definition) is 5. The van der Waals surface area contributed by atoms with Crippen molar-refractivity contribution >= 4 is 11.5 Å². The van der Waals surface area contributed by atoms with Crippen molar-refractivity contribution in [3.05, 3.63) is 17.8 Å². The fourth-order valence-electron chi connectivity index (χ4n) is 1.75. The predicted octanol–water partition coefficient (Wildman–Crippen LogP) is 0.761. The van der Waals surface area contributed by atoms with Gasteiger partial charge in [0, 0.05) is 13.1 Å². The summed E-state index contributed by atoms with van der Waals surface area (Å²) < 4.78 is 5.45. The minimum Gasteiger partial charge on any atom is -0.396 e. The fourth-order valence-corrected chi connectivity index (χ4v) is 1.75. The van der Waals surface area contributed by atoms with Crippen LogP contribution in [-0.2, 0) is 4.74 Å². The maximum absolute atomic E-state index is 8.86. The topological polar surface area (TPSA) is 75.2 Å². The Bertz CT molecular complexity index is 426. The Kier molecular flexibility index (Phi) is 2.93. The molecule has 2 N–H and O–H groups in total. The van der Waals surface area contributed by atoms with Crippen molar-refractivity contribution in [1.29, 1.82) is 5.26 Å². The standard InChI is InChI=1S/C11H14N4O/c1-8-7-15(4-5-16-8)11-3-2-9(13)10(6-12)14-11/h2-3,8H,4-5,7,13H2,1H3. The molecule has 1 fully saturated rings. The Labute approximate surface area is 94.4 Å². The molecule has 84 valence electrons. The SMILES string of the molecule is CC1CN(c2ccc(N)c(C#N)n2)CCO1. The summed E-state index contributed by atoms with van der Waals surface area (Å²) in [5.74, 6) is 0.793. The predicted molar refractivity (Wildman–Crippen MR) is 61.0 cm³/mol. The third-order valence-electron chi connectivity index (χ3n) is 2.58. The molecule has 1 unspecified atom stereocenters. The van der Waals surface area contributed by atoms with Crippen molar-refractivity contribution in [2.45, 2.75) is 13.0 Å². The first kappa shape index (κ1) is 10.7. The van der Waals surface area contributed by atoms with E-state index in [0.29, 0.717) is 12.3 Å². The molecular formula is C11H14N4O. The second-order valence-electron chi connectivity index (χ2n) is 3.85. The Hall–Kier alpha value is -1.80. The average Bonchev–Trinajstić information content (AvgIpc) is 2.29. The molecule has 5 nitrogen and oxygen atoms in total. The van der Waals surface area contributed by atoms with Gasteiger partial charge in [0.25, 0.3) is 0 Å². The van der Waals surface area contributed by atoms with Crippen LogP contribution in [0.5, 0.6) is 0 Å². The first-order chi connectivity index (χ1) is 7.70. The summed E-state index contributed by atoms with van der Waals surface area (Å²) in [6.07, 6.45) is 0.193. The molecule has 1 saturated heterocycles. The van der Waals surface area contributed by atoms with Crippen molar-refractivity contribution in [3.63, 3.8) is 0 Å². The van der Waals surface area contributed by atoms with E-state index in [1.54, 1.807) is 6.07 Å². The lowest BCUT2D eigenvalue weighted by molar-refractivity contribution is 0.0529. The number of hydrogen-bond donors (Lipinski definition) is 1. The van der Waals surface area contributed by atoms with Crippen LogP contribution in [0.1, 0.15) is 12.6 Å². The number of rotatable bonds is 1. The van der Waals surface area contributed by atoms with E-state index in [1.165, 1.54) is 0 Å². The molecule has 16 heavy (non-hydrogen) atoms. The molecule has 0 radical (unpaired) electrons. The van der Waals surface area contributed by atoms with E-state index in [2.05, 4.69) is 9.88 Å². The highest BCUT2D eigenvalue weighted by Gasteiger charge is 2.18. The number of nitrogens with two attached hydrogens (primary N) is 1. The van der Waals surface area contributed by atoms with Crippen LogP contribution >= 0.6 is 0 Å². The van der Waals surface area contributed by atoms with E-state index in [-0.39, 0.29) is 11.8 Å². The molecule has 2 heterocycles. The zero-order chi connectivity index (χ0) is 11.5. The molecule has 0 saturated carbocycles. The van der Waals surface area contributed by atoms with Gasteiger partial charge in [0.1, 0.15) is 11.9 Å². The van der Waals surface area contributed by atoms with Crippen molar-refractivity contribution in [2.24, 2.45) is 0 Å². The number of nitrogen functional groups attached to an aromatic ring is 1. The van der Waals surface area contributed by atoms with Crippen LogP contribution in [0.15, 0.2) is 12.1 Å². The second kappa shape index (κ2) is 4.37. The number of anilines is 2. The van der Waals surface area contributed by atoms with Crippen molar-refractivity contribution in [1.82, 2.24) is 4.98 Å². The molecule has 2 rings (SSSR count). The molecule has 0 spiro atoms. The van der Waals surface area contributed by atoms with Gasteiger partial charge in [-0.05, 0) is 19.1 Å². The fraction of sp³-hybridized carbons (Fsp3) is 0.455. The first-order valence-corrected chi connectivity index (χ1v) is 5.24. The summed E-state index contributed by atoms with van der Waals surface area (Å²) in [5.41, 5.74) is 6.34. The summed E-state index contributed by atoms with van der Waals surface area (Å²) in [7, 11) is 0. The molecule has 0 aliphatic carbocycles. The van der Waals surface area contributed by atoms with Gasteiger partial charge in [-0.25, -0.2) is 4.98 Å². The highest BCUT2D eigenvalue weighted by Crippen LogP contribution is 2.18. The smallest absolute Gasteiger partial charge is 0.165 e. The summed E-state index contributed by atoms with van der Waals surface area (Å²) in [4.78, 5) is 6.34. The van der Waals surface area contributed by atoms with E-state index in [9.17, 15) is 0 Å². The number of nitriles is 1. The van der Waals surface area contributed by atoms with Crippen LogP contribution in [0.2, 0.25) is 0 Å². The van der Waals surface area contributed by atoms with Gasteiger partial charge < -0.3 is 15.4 Å². The van der Waals surface area contributed by atoms with Crippen LogP contribution in [-0.4, -0.2) is 30.8 Å². The number of nitrogens with zero attached hydrogens (tertiary/aromatic N) is 3. The van der Waals surface area contributed by atoms with Gasteiger partial charge in [0.05, 0.1) is 18.4 Å². The van der Waals surface area contributed by atoms with Crippen molar-refractivity contribution in [2.75, 3.05) is 30.3 Å². The summed E-state index contributed by atoms with van der Waals surface area (Å²) in [5, 5.41) is 8.86. The maximum atomic E-state index is 8.86.